The monoisotopic (exact) mass is 727 g/mol. The lowest BCUT2D eigenvalue weighted by Gasteiger charge is -2.33. The van der Waals surface area contributed by atoms with E-state index in [2.05, 4.69) is 20.1 Å². The van der Waals surface area contributed by atoms with Gasteiger partial charge >= 0.3 is 24.8 Å². The summed E-state index contributed by atoms with van der Waals surface area (Å²) in [5.41, 5.74) is -2.54. The van der Waals surface area contributed by atoms with Crippen molar-refractivity contribution in [1.82, 2.24) is 25.1 Å². The number of nitrogens with zero attached hydrogens (tertiary/aromatic N) is 7. The van der Waals surface area contributed by atoms with Gasteiger partial charge in [-0.05, 0) is 78.4 Å². The summed E-state index contributed by atoms with van der Waals surface area (Å²) >= 11 is 0. The molecule has 1 heterocycles. The number of ether oxygens (including phenoxy) is 1. The van der Waals surface area contributed by atoms with Crippen LogP contribution in [-0.4, -0.2) is 69.9 Å². The van der Waals surface area contributed by atoms with Crippen molar-refractivity contribution in [2.75, 3.05) is 37.0 Å². The Morgan fingerprint density at radius 1 is 0.900 bits per heavy atom. The van der Waals surface area contributed by atoms with E-state index in [-0.39, 0.29) is 29.7 Å². The molecule has 1 aliphatic rings. The molecule has 1 aromatic heterocycles. The molecule has 4 rings (SSSR count). The summed E-state index contributed by atoms with van der Waals surface area (Å²) in [6.07, 6.45) is -10.8. The van der Waals surface area contributed by atoms with Gasteiger partial charge in [0.25, 0.3) is 5.95 Å². The minimum Gasteiger partial charge on any atom is -0.465 e. The molecule has 50 heavy (non-hydrogen) atoms. The van der Waals surface area contributed by atoms with Gasteiger partial charge in [0.05, 0.1) is 18.2 Å². The van der Waals surface area contributed by atoms with E-state index in [1.807, 2.05) is 11.8 Å². The Hall–Kier alpha value is -4.45. The summed E-state index contributed by atoms with van der Waals surface area (Å²) in [4.78, 5) is 15.0. The summed E-state index contributed by atoms with van der Waals surface area (Å²) in [7, 11) is 4.36. The van der Waals surface area contributed by atoms with E-state index in [0.29, 0.717) is 36.8 Å². The quantitative estimate of drug-likeness (QED) is 0.210. The van der Waals surface area contributed by atoms with Crippen molar-refractivity contribution >= 4 is 17.7 Å². The molecular formula is C31H38F9N7O3. The number of tetrazole rings is 1. The second-order valence-corrected chi connectivity index (χ2v) is 11.9. The van der Waals surface area contributed by atoms with Crippen LogP contribution in [0.25, 0.3) is 0 Å². The lowest BCUT2D eigenvalue weighted by Crippen LogP contribution is -2.32. The van der Waals surface area contributed by atoms with E-state index in [1.54, 1.807) is 0 Å². The summed E-state index contributed by atoms with van der Waals surface area (Å²) in [5, 5.41) is 19.6. The lowest BCUT2D eigenvalue weighted by molar-refractivity contribution is -0.274. The maximum Gasteiger partial charge on any atom is 0.573 e. The summed E-state index contributed by atoms with van der Waals surface area (Å²) in [6, 6.07) is 4.99. The number of carboxylic acid groups (broad SMARTS) is 1. The molecule has 1 amide bonds. The predicted molar refractivity (Wildman–Crippen MR) is 164 cm³/mol. The maximum atomic E-state index is 13.6. The van der Waals surface area contributed by atoms with Crippen molar-refractivity contribution in [1.29, 1.82) is 0 Å². The topological polar surface area (TPSA) is 99.9 Å². The highest BCUT2D eigenvalue weighted by Crippen LogP contribution is 2.38. The minimum absolute atomic E-state index is 0.0227. The molecule has 0 aliphatic heterocycles. The zero-order valence-electron chi connectivity index (χ0n) is 27.7. The molecule has 1 aliphatic carbocycles. The highest BCUT2D eigenvalue weighted by molar-refractivity contribution is 5.63. The molecule has 1 saturated carbocycles. The first-order valence-electron chi connectivity index (χ1n) is 15.5. The third-order valence-corrected chi connectivity index (χ3v) is 7.76. The first kappa shape index (κ1) is 40.0. The van der Waals surface area contributed by atoms with Crippen LogP contribution in [0, 0.1) is 5.92 Å². The zero-order valence-corrected chi connectivity index (χ0v) is 27.7. The molecule has 2 aromatic carbocycles. The number of halogens is 9. The molecule has 0 saturated heterocycles. The third kappa shape index (κ3) is 12.2. The Balaban J connectivity index is 0.00000103. The number of carbonyl (C=O) groups is 1. The Labute approximate surface area is 282 Å². The van der Waals surface area contributed by atoms with Gasteiger partial charge in [-0.25, -0.2) is 4.79 Å². The number of hydrogen-bond acceptors (Lipinski definition) is 7. The summed E-state index contributed by atoms with van der Waals surface area (Å²) in [6.45, 7) is 2.17. The van der Waals surface area contributed by atoms with E-state index in [9.17, 15) is 44.3 Å². The van der Waals surface area contributed by atoms with Crippen LogP contribution in [0.1, 0.15) is 61.3 Å². The van der Waals surface area contributed by atoms with E-state index in [1.165, 1.54) is 38.2 Å². The van der Waals surface area contributed by atoms with Crippen molar-refractivity contribution in [3.05, 3.63) is 58.7 Å². The Kier molecular flexibility index (Phi) is 13.2. The highest BCUT2D eigenvalue weighted by Gasteiger charge is 2.37. The highest BCUT2D eigenvalue weighted by atomic mass is 19.4. The molecule has 3 aromatic rings. The second-order valence-electron chi connectivity index (χ2n) is 11.9. The fourth-order valence-electron chi connectivity index (χ4n) is 5.41. The molecular weight excluding hydrogens is 689 g/mol. The van der Waals surface area contributed by atoms with Crippen LogP contribution in [0.2, 0.25) is 0 Å². The van der Waals surface area contributed by atoms with E-state index in [4.69, 9.17) is 5.11 Å². The fraction of sp³-hybridized carbons (Fsp3) is 0.548. The number of anilines is 2. The lowest BCUT2D eigenvalue weighted by atomic mass is 9.88. The van der Waals surface area contributed by atoms with Crippen LogP contribution in [0.5, 0.6) is 5.75 Å². The minimum atomic E-state index is -5.07. The summed E-state index contributed by atoms with van der Waals surface area (Å²) < 4.78 is 125. The van der Waals surface area contributed by atoms with Crippen LogP contribution in [0.3, 0.4) is 0 Å². The first-order valence-corrected chi connectivity index (χ1v) is 15.5. The number of rotatable bonds is 10. The molecule has 0 bridgehead atoms. The number of benzene rings is 2. The van der Waals surface area contributed by atoms with Crippen molar-refractivity contribution in [3.8, 4) is 5.75 Å². The van der Waals surface area contributed by atoms with E-state index >= 15 is 0 Å². The second kappa shape index (κ2) is 16.5. The molecule has 278 valence electrons. The smallest absolute Gasteiger partial charge is 0.465 e. The van der Waals surface area contributed by atoms with Crippen LogP contribution < -0.4 is 14.5 Å². The number of aryl methyl sites for hydroxylation is 1. The van der Waals surface area contributed by atoms with Gasteiger partial charge < -0.3 is 24.5 Å². The standard InChI is InChI=1S/C28H31F9N6O.C3H7NO2/c1-3-42(15-18-7-5-4-6-8-18)24-10-9-23(44-28(35,36)37)13-20(24)17-43(25-38-40-41(2)39-25)16-19-11-21(26(29,30)31)14-22(12-19)27(32,33)34;1-4(2)3(5)6/h9-14,18H,3-8,15-17H2,1-2H3;1-2H3,(H,5,6). The molecule has 0 radical (unpaired) electrons. The van der Waals surface area contributed by atoms with Gasteiger partial charge in [-0.1, -0.05) is 24.4 Å². The Bertz CT molecular complexity index is 1520. The van der Waals surface area contributed by atoms with Gasteiger partial charge in [0, 0.05) is 46.0 Å². The van der Waals surface area contributed by atoms with Gasteiger partial charge in [-0.2, -0.15) is 31.1 Å². The normalized spacial score (nSPS) is 14.1. The van der Waals surface area contributed by atoms with Crippen LogP contribution in [-0.2, 0) is 32.5 Å². The van der Waals surface area contributed by atoms with E-state index in [0.717, 1.165) is 47.9 Å². The van der Waals surface area contributed by atoms with Gasteiger partial charge in [-0.15, -0.1) is 18.3 Å². The van der Waals surface area contributed by atoms with Gasteiger partial charge in [-0.3, -0.25) is 0 Å². The van der Waals surface area contributed by atoms with Crippen molar-refractivity contribution in [3.63, 3.8) is 0 Å². The average molecular weight is 728 g/mol. The zero-order chi connectivity index (χ0) is 37.4. The fourth-order valence-corrected chi connectivity index (χ4v) is 5.41. The van der Waals surface area contributed by atoms with Gasteiger partial charge in [0.1, 0.15) is 5.75 Å². The van der Waals surface area contributed by atoms with Gasteiger partial charge in [0.2, 0.25) is 0 Å². The number of amides is 1. The molecule has 1 fully saturated rings. The summed E-state index contributed by atoms with van der Waals surface area (Å²) in [5.74, 6) is -0.330. The molecule has 1 N–H and O–H groups in total. The number of aromatic nitrogens is 4. The SMILES string of the molecule is CCN(CC1CCCCC1)c1ccc(OC(F)(F)F)cc1CN(Cc1cc(C(F)(F)F)cc(C(F)(F)F)c1)c1nnn(C)n1.CN(C)C(=O)O. The molecule has 0 spiro atoms. The van der Waals surface area contributed by atoms with Gasteiger partial charge in [0.15, 0.2) is 0 Å². The average Bonchev–Trinajstić information content (AvgIpc) is 3.45. The molecule has 0 atom stereocenters. The molecule has 0 unspecified atom stereocenters. The van der Waals surface area contributed by atoms with Crippen molar-refractivity contribution < 1.29 is 54.2 Å². The maximum absolute atomic E-state index is 13.6. The van der Waals surface area contributed by atoms with Crippen LogP contribution >= 0.6 is 0 Å². The Morgan fingerprint density at radius 2 is 1.48 bits per heavy atom. The number of alkyl halides is 9. The first-order chi connectivity index (χ1) is 23.2. The Morgan fingerprint density at radius 3 is 1.94 bits per heavy atom. The largest absolute Gasteiger partial charge is 0.573 e. The predicted octanol–water partition coefficient (Wildman–Crippen LogP) is 7.99. The van der Waals surface area contributed by atoms with Crippen LogP contribution in [0.15, 0.2) is 36.4 Å². The third-order valence-electron chi connectivity index (χ3n) is 7.76. The molecule has 19 heteroatoms. The van der Waals surface area contributed by atoms with E-state index < -0.39 is 48.2 Å². The number of hydrogen-bond donors (Lipinski definition) is 1. The van der Waals surface area contributed by atoms with Crippen molar-refractivity contribution in [2.24, 2.45) is 13.0 Å². The molecule has 10 nitrogen and oxygen atoms in total. The van der Waals surface area contributed by atoms with Crippen molar-refractivity contribution in [2.45, 2.75) is 70.8 Å². The van der Waals surface area contributed by atoms with Crippen LogP contribution in [0.4, 0.5) is 55.9 Å².